The van der Waals surface area contributed by atoms with E-state index in [1.54, 1.807) is 12.1 Å². The van der Waals surface area contributed by atoms with Crippen LogP contribution in [0.5, 0.6) is 11.5 Å². The smallest absolute Gasteiger partial charge is 0.257 e. The Labute approximate surface area is 162 Å². The van der Waals surface area contributed by atoms with Gasteiger partial charge in [-0.1, -0.05) is 43.7 Å². The van der Waals surface area contributed by atoms with Gasteiger partial charge in [-0.15, -0.1) is 10.2 Å². The fourth-order valence-corrected chi connectivity index (χ4v) is 3.42. The standard InChI is InChI=1S/C18H24ClN3O3S/c1-5-7-25-16-13(19)9-12(10-14(16)24-6-2)17(23)20-18-22-21-15(26-18)8-11(3)4/h9-11H,5-8H2,1-4H3,(H,20,22,23). The average Bonchev–Trinajstić information content (AvgIpc) is 3.00. The van der Waals surface area contributed by atoms with Crippen LogP contribution in [-0.4, -0.2) is 29.3 Å². The molecule has 0 aliphatic carbocycles. The van der Waals surface area contributed by atoms with Crippen LogP contribution in [0.4, 0.5) is 5.13 Å². The Kier molecular flexibility index (Phi) is 7.66. The number of nitrogens with zero attached hydrogens (tertiary/aromatic N) is 2. The first kappa shape index (κ1) is 20.5. The lowest BCUT2D eigenvalue weighted by atomic mass is 10.1. The molecular weight excluding hydrogens is 374 g/mol. The molecule has 2 aromatic rings. The maximum Gasteiger partial charge on any atom is 0.257 e. The van der Waals surface area contributed by atoms with Crippen LogP contribution in [0.25, 0.3) is 0 Å². The molecule has 0 saturated heterocycles. The number of benzene rings is 1. The molecule has 142 valence electrons. The second-order valence-electron chi connectivity index (χ2n) is 6.12. The number of hydrogen-bond acceptors (Lipinski definition) is 6. The second kappa shape index (κ2) is 9.73. The highest BCUT2D eigenvalue weighted by molar-refractivity contribution is 7.15. The number of halogens is 1. The number of ether oxygens (including phenoxy) is 2. The summed E-state index contributed by atoms with van der Waals surface area (Å²) in [7, 11) is 0. The third-order valence-corrected chi connectivity index (χ3v) is 4.43. The van der Waals surface area contributed by atoms with E-state index in [0.717, 1.165) is 17.8 Å². The van der Waals surface area contributed by atoms with Crippen molar-refractivity contribution in [2.24, 2.45) is 5.92 Å². The second-order valence-corrected chi connectivity index (χ2v) is 7.59. The zero-order chi connectivity index (χ0) is 19.1. The maximum atomic E-state index is 12.6. The van der Waals surface area contributed by atoms with Crippen molar-refractivity contribution in [1.82, 2.24) is 10.2 Å². The van der Waals surface area contributed by atoms with Gasteiger partial charge in [0, 0.05) is 12.0 Å². The quantitative estimate of drug-likeness (QED) is 0.656. The predicted octanol–water partition coefficient (Wildman–Crippen LogP) is 4.83. The van der Waals surface area contributed by atoms with E-state index in [-0.39, 0.29) is 5.91 Å². The minimum Gasteiger partial charge on any atom is -0.490 e. The molecule has 1 aromatic heterocycles. The molecule has 0 aliphatic rings. The van der Waals surface area contributed by atoms with Gasteiger partial charge in [-0.3, -0.25) is 10.1 Å². The van der Waals surface area contributed by atoms with Gasteiger partial charge in [-0.2, -0.15) is 0 Å². The first-order chi connectivity index (χ1) is 12.4. The topological polar surface area (TPSA) is 73.3 Å². The molecule has 0 aliphatic heterocycles. The molecule has 8 heteroatoms. The number of hydrogen-bond donors (Lipinski definition) is 1. The summed E-state index contributed by atoms with van der Waals surface area (Å²) in [5.41, 5.74) is 0.378. The molecule has 1 N–H and O–H groups in total. The highest BCUT2D eigenvalue weighted by Crippen LogP contribution is 2.37. The molecule has 1 heterocycles. The molecule has 2 rings (SSSR count). The molecule has 0 fully saturated rings. The number of carbonyl (C=O) groups excluding carboxylic acids is 1. The fraction of sp³-hybridized carbons (Fsp3) is 0.500. The lowest BCUT2D eigenvalue weighted by Gasteiger charge is -2.14. The summed E-state index contributed by atoms with van der Waals surface area (Å²) in [5, 5.41) is 12.6. The van der Waals surface area contributed by atoms with Crippen molar-refractivity contribution in [2.75, 3.05) is 18.5 Å². The first-order valence-corrected chi connectivity index (χ1v) is 9.86. The monoisotopic (exact) mass is 397 g/mol. The van der Waals surface area contributed by atoms with Gasteiger partial charge in [-0.05, 0) is 31.4 Å². The van der Waals surface area contributed by atoms with Crippen LogP contribution in [0.1, 0.15) is 49.5 Å². The van der Waals surface area contributed by atoms with Gasteiger partial charge in [0.2, 0.25) is 5.13 Å². The zero-order valence-corrected chi connectivity index (χ0v) is 17.0. The van der Waals surface area contributed by atoms with Crippen molar-refractivity contribution < 1.29 is 14.3 Å². The van der Waals surface area contributed by atoms with Crippen molar-refractivity contribution >= 4 is 34.0 Å². The Bertz CT molecular complexity index is 749. The largest absolute Gasteiger partial charge is 0.490 e. The number of rotatable bonds is 9. The van der Waals surface area contributed by atoms with Crippen molar-refractivity contribution in [2.45, 2.75) is 40.5 Å². The molecule has 0 unspecified atom stereocenters. The van der Waals surface area contributed by atoms with Crippen LogP contribution in [0.3, 0.4) is 0 Å². The van der Waals surface area contributed by atoms with Crippen LogP contribution in [0.15, 0.2) is 12.1 Å². The SMILES string of the molecule is CCCOc1c(Cl)cc(C(=O)Nc2nnc(CC(C)C)s2)cc1OCC. The lowest BCUT2D eigenvalue weighted by molar-refractivity contribution is 0.102. The van der Waals surface area contributed by atoms with Crippen LogP contribution in [0.2, 0.25) is 5.02 Å². The summed E-state index contributed by atoms with van der Waals surface area (Å²) in [6.45, 7) is 9.05. The molecule has 0 atom stereocenters. The maximum absolute atomic E-state index is 12.6. The molecule has 0 radical (unpaired) electrons. The van der Waals surface area contributed by atoms with E-state index in [1.807, 2.05) is 13.8 Å². The Hall–Kier alpha value is -1.86. The number of aromatic nitrogens is 2. The number of carbonyl (C=O) groups is 1. The van der Waals surface area contributed by atoms with Gasteiger partial charge in [0.1, 0.15) is 5.01 Å². The van der Waals surface area contributed by atoms with E-state index in [1.165, 1.54) is 11.3 Å². The summed E-state index contributed by atoms with van der Waals surface area (Å²) in [5.74, 6) is 1.08. The molecule has 0 saturated carbocycles. The van der Waals surface area contributed by atoms with E-state index in [9.17, 15) is 4.79 Å². The van der Waals surface area contributed by atoms with Crippen molar-refractivity contribution in [3.63, 3.8) is 0 Å². The van der Waals surface area contributed by atoms with E-state index < -0.39 is 0 Å². The highest BCUT2D eigenvalue weighted by atomic mass is 35.5. The van der Waals surface area contributed by atoms with Gasteiger partial charge in [0.15, 0.2) is 11.5 Å². The molecule has 0 bridgehead atoms. The summed E-state index contributed by atoms with van der Waals surface area (Å²) in [4.78, 5) is 12.6. The summed E-state index contributed by atoms with van der Waals surface area (Å²) in [6.07, 6.45) is 1.68. The van der Waals surface area contributed by atoms with Gasteiger partial charge in [0.05, 0.1) is 18.2 Å². The Balaban J connectivity index is 2.18. The molecule has 6 nitrogen and oxygen atoms in total. The minimum atomic E-state index is -0.317. The predicted molar refractivity (Wildman–Crippen MR) is 105 cm³/mol. The van der Waals surface area contributed by atoms with Gasteiger partial charge < -0.3 is 9.47 Å². The number of nitrogens with one attached hydrogen (secondary N) is 1. The van der Waals surface area contributed by atoms with Gasteiger partial charge in [-0.25, -0.2) is 0 Å². The van der Waals surface area contributed by atoms with Crippen LogP contribution in [0, 0.1) is 5.92 Å². The Morgan fingerprint density at radius 3 is 2.69 bits per heavy atom. The van der Waals surface area contributed by atoms with E-state index in [0.29, 0.717) is 46.3 Å². The number of anilines is 1. The molecule has 0 spiro atoms. The van der Waals surface area contributed by atoms with Gasteiger partial charge in [0.25, 0.3) is 5.91 Å². The zero-order valence-electron chi connectivity index (χ0n) is 15.5. The van der Waals surface area contributed by atoms with E-state index in [2.05, 4.69) is 29.4 Å². The molecule has 1 aromatic carbocycles. The Morgan fingerprint density at radius 2 is 2.04 bits per heavy atom. The Morgan fingerprint density at radius 1 is 1.27 bits per heavy atom. The van der Waals surface area contributed by atoms with Gasteiger partial charge >= 0.3 is 0 Å². The lowest BCUT2D eigenvalue weighted by Crippen LogP contribution is -2.12. The normalized spacial score (nSPS) is 10.8. The van der Waals surface area contributed by atoms with Crippen molar-refractivity contribution in [1.29, 1.82) is 0 Å². The number of amides is 1. The van der Waals surface area contributed by atoms with Crippen LogP contribution in [-0.2, 0) is 6.42 Å². The highest BCUT2D eigenvalue weighted by Gasteiger charge is 2.17. The third-order valence-electron chi connectivity index (χ3n) is 3.29. The fourth-order valence-electron chi connectivity index (χ4n) is 2.21. The van der Waals surface area contributed by atoms with Crippen LogP contribution < -0.4 is 14.8 Å². The average molecular weight is 398 g/mol. The molecular formula is C18H24ClN3O3S. The van der Waals surface area contributed by atoms with Crippen molar-refractivity contribution in [3.05, 3.63) is 27.7 Å². The van der Waals surface area contributed by atoms with E-state index >= 15 is 0 Å². The molecule has 26 heavy (non-hydrogen) atoms. The first-order valence-electron chi connectivity index (χ1n) is 8.67. The molecule has 1 amide bonds. The van der Waals surface area contributed by atoms with Crippen molar-refractivity contribution in [3.8, 4) is 11.5 Å². The summed E-state index contributed by atoms with van der Waals surface area (Å²) >= 11 is 7.68. The third kappa shape index (κ3) is 5.57. The minimum absolute atomic E-state index is 0.317. The summed E-state index contributed by atoms with van der Waals surface area (Å²) < 4.78 is 11.2. The summed E-state index contributed by atoms with van der Waals surface area (Å²) in [6, 6.07) is 3.20. The van der Waals surface area contributed by atoms with Crippen LogP contribution >= 0.6 is 22.9 Å². The van der Waals surface area contributed by atoms with E-state index in [4.69, 9.17) is 21.1 Å².